The van der Waals surface area contributed by atoms with E-state index in [9.17, 15) is 0 Å². The topological polar surface area (TPSA) is 26.0 Å². The number of aryl methyl sites for hydroxylation is 1. The molecule has 1 nitrogen and oxygen atoms in total. The summed E-state index contributed by atoms with van der Waals surface area (Å²) < 4.78 is 0. The second-order valence-electron chi connectivity index (χ2n) is 4.62. The summed E-state index contributed by atoms with van der Waals surface area (Å²) in [5.74, 6) is 0. The third-order valence-electron chi connectivity index (χ3n) is 3.81. The first-order valence-electron chi connectivity index (χ1n) is 5.27. The van der Waals surface area contributed by atoms with Crippen LogP contribution >= 0.6 is 24.0 Å². The van der Waals surface area contributed by atoms with E-state index in [1.54, 1.807) is 0 Å². The van der Waals surface area contributed by atoms with Gasteiger partial charge in [-0.25, -0.2) is 0 Å². The first kappa shape index (κ1) is 11.3. The van der Waals surface area contributed by atoms with Gasteiger partial charge < -0.3 is 5.73 Å². The molecule has 0 aliphatic heterocycles. The van der Waals surface area contributed by atoms with Crippen LogP contribution in [0.15, 0.2) is 18.2 Å². The first-order chi connectivity index (χ1) is 6.72. The van der Waals surface area contributed by atoms with Gasteiger partial charge in [-0.05, 0) is 48.9 Å². The highest BCUT2D eigenvalue weighted by Crippen LogP contribution is 2.54. The minimum absolute atomic E-state index is 0. The number of fused-ring (bicyclic) bond motifs is 2. The first-order valence-corrected chi connectivity index (χ1v) is 5.65. The minimum atomic E-state index is 0. The van der Waals surface area contributed by atoms with Gasteiger partial charge in [-0.15, -0.1) is 12.4 Å². The Labute approximate surface area is 101 Å². The van der Waals surface area contributed by atoms with Crippen LogP contribution in [0.1, 0.15) is 30.4 Å². The van der Waals surface area contributed by atoms with Crippen LogP contribution in [0.2, 0.25) is 5.02 Å². The van der Waals surface area contributed by atoms with E-state index in [1.165, 1.54) is 36.8 Å². The van der Waals surface area contributed by atoms with Crippen molar-refractivity contribution in [2.24, 2.45) is 5.73 Å². The standard InChI is InChI=1S/C12H14ClN.ClH/c13-9-3-4-10-8(6-9)2-1-5-12(10)7-11(12)14;/h3-4,6,11H,1-2,5,7,14H2;1H. The van der Waals surface area contributed by atoms with Crippen LogP contribution in [-0.2, 0) is 11.8 Å². The average Bonchev–Trinajstić information content (AvgIpc) is 2.77. The molecule has 1 fully saturated rings. The third kappa shape index (κ3) is 1.57. The molecule has 2 unspecified atom stereocenters. The molecule has 1 saturated carbocycles. The minimum Gasteiger partial charge on any atom is -0.327 e. The number of hydrogen-bond donors (Lipinski definition) is 1. The summed E-state index contributed by atoms with van der Waals surface area (Å²) in [5.41, 5.74) is 9.28. The lowest BCUT2D eigenvalue weighted by Gasteiger charge is -2.26. The van der Waals surface area contributed by atoms with Gasteiger partial charge in [0.25, 0.3) is 0 Å². The van der Waals surface area contributed by atoms with Gasteiger partial charge in [0.05, 0.1) is 0 Å². The van der Waals surface area contributed by atoms with Crippen molar-refractivity contribution in [3.05, 3.63) is 34.3 Å². The molecule has 1 aromatic carbocycles. The van der Waals surface area contributed by atoms with E-state index < -0.39 is 0 Å². The molecular formula is C12H15Cl2N. The Morgan fingerprint density at radius 1 is 1.40 bits per heavy atom. The number of halogens is 2. The second-order valence-corrected chi connectivity index (χ2v) is 5.06. The van der Waals surface area contributed by atoms with E-state index in [-0.39, 0.29) is 12.4 Å². The van der Waals surface area contributed by atoms with Crippen LogP contribution in [0.4, 0.5) is 0 Å². The summed E-state index contributed by atoms with van der Waals surface area (Å²) >= 11 is 6.00. The Hall–Kier alpha value is -0.240. The fraction of sp³-hybridized carbons (Fsp3) is 0.500. The summed E-state index contributed by atoms with van der Waals surface area (Å²) in [6, 6.07) is 6.69. The lowest BCUT2D eigenvalue weighted by atomic mass is 9.80. The van der Waals surface area contributed by atoms with Crippen molar-refractivity contribution in [1.82, 2.24) is 0 Å². The van der Waals surface area contributed by atoms with Crippen molar-refractivity contribution in [3.8, 4) is 0 Å². The number of rotatable bonds is 0. The lowest BCUT2D eigenvalue weighted by molar-refractivity contribution is 0.526. The molecule has 0 heterocycles. The lowest BCUT2D eigenvalue weighted by Crippen LogP contribution is -2.23. The summed E-state index contributed by atoms with van der Waals surface area (Å²) in [5, 5.41) is 0.857. The Morgan fingerprint density at radius 3 is 2.80 bits per heavy atom. The van der Waals surface area contributed by atoms with Gasteiger partial charge >= 0.3 is 0 Å². The molecule has 2 atom stereocenters. The molecule has 2 aliphatic rings. The van der Waals surface area contributed by atoms with Crippen molar-refractivity contribution in [1.29, 1.82) is 0 Å². The molecule has 2 aliphatic carbocycles. The summed E-state index contributed by atoms with van der Waals surface area (Å²) in [6.07, 6.45) is 4.87. The molecule has 0 amide bonds. The number of hydrogen-bond acceptors (Lipinski definition) is 1. The Morgan fingerprint density at radius 2 is 2.13 bits per heavy atom. The highest BCUT2D eigenvalue weighted by Gasteiger charge is 2.54. The van der Waals surface area contributed by atoms with Crippen LogP contribution in [-0.4, -0.2) is 6.04 Å². The molecule has 2 N–H and O–H groups in total. The maximum absolute atomic E-state index is 6.05. The fourth-order valence-corrected chi connectivity index (χ4v) is 3.11. The SMILES string of the molecule is Cl.NC1CC12CCCc1cc(Cl)ccc12. The zero-order chi connectivity index (χ0) is 9.76. The third-order valence-corrected chi connectivity index (χ3v) is 4.04. The van der Waals surface area contributed by atoms with E-state index >= 15 is 0 Å². The zero-order valence-electron chi connectivity index (χ0n) is 8.50. The predicted molar refractivity (Wildman–Crippen MR) is 65.9 cm³/mol. The fourth-order valence-electron chi connectivity index (χ4n) is 2.91. The van der Waals surface area contributed by atoms with E-state index in [2.05, 4.69) is 12.1 Å². The van der Waals surface area contributed by atoms with Crippen LogP contribution in [0.25, 0.3) is 0 Å². The Bertz CT molecular complexity index is 391. The van der Waals surface area contributed by atoms with Gasteiger partial charge in [0.15, 0.2) is 0 Å². The average molecular weight is 244 g/mol. The van der Waals surface area contributed by atoms with Crippen molar-refractivity contribution in [3.63, 3.8) is 0 Å². The molecular weight excluding hydrogens is 229 g/mol. The zero-order valence-corrected chi connectivity index (χ0v) is 10.1. The molecule has 0 radical (unpaired) electrons. The van der Waals surface area contributed by atoms with Crippen molar-refractivity contribution >= 4 is 24.0 Å². The summed E-state index contributed by atoms with van der Waals surface area (Å²) in [7, 11) is 0. The van der Waals surface area contributed by atoms with E-state index in [0.29, 0.717) is 11.5 Å². The summed E-state index contributed by atoms with van der Waals surface area (Å²) in [4.78, 5) is 0. The molecule has 0 bridgehead atoms. The van der Waals surface area contributed by atoms with Crippen molar-refractivity contribution in [2.45, 2.75) is 37.1 Å². The molecule has 1 spiro atoms. The molecule has 15 heavy (non-hydrogen) atoms. The van der Waals surface area contributed by atoms with Gasteiger partial charge in [0.1, 0.15) is 0 Å². The molecule has 0 saturated heterocycles. The molecule has 3 heteroatoms. The van der Waals surface area contributed by atoms with E-state index in [0.717, 1.165) is 5.02 Å². The Kier molecular flexibility index (Phi) is 2.74. The highest BCUT2D eigenvalue weighted by atomic mass is 35.5. The van der Waals surface area contributed by atoms with Crippen LogP contribution in [0.3, 0.4) is 0 Å². The van der Waals surface area contributed by atoms with Gasteiger partial charge in [-0.1, -0.05) is 17.7 Å². The van der Waals surface area contributed by atoms with E-state index in [4.69, 9.17) is 17.3 Å². The van der Waals surface area contributed by atoms with Gasteiger partial charge in [-0.2, -0.15) is 0 Å². The number of nitrogens with two attached hydrogens (primary N) is 1. The number of benzene rings is 1. The summed E-state index contributed by atoms with van der Waals surface area (Å²) in [6.45, 7) is 0. The van der Waals surface area contributed by atoms with Gasteiger partial charge in [0.2, 0.25) is 0 Å². The predicted octanol–water partition coefficient (Wildman–Crippen LogP) is 3.07. The van der Waals surface area contributed by atoms with Crippen molar-refractivity contribution in [2.75, 3.05) is 0 Å². The molecule has 3 rings (SSSR count). The van der Waals surface area contributed by atoms with E-state index in [1.807, 2.05) is 6.07 Å². The maximum atomic E-state index is 6.05. The van der Waals surface area contributed by atoms with Crippen LogP contribution < -0.4 is 5.73 Å². The monoisotopic (exact) mass is 243 g/mol. The molecule has 1 aromatic rings. The second kappa shape index (κ2) is 3.65. The Balaban J connectivity index is 0.000000853. The smallest absolute Gasteiger partial charge is 0.0408 e. The van der Waals surface area contributed by atoms with Crippen LogP contribution in [0.5, 0.6) is 0 Å². The van der Waals surface area contributed by atoms with Gasteiger partial charge in [0, 0.05) is 16.5 Å². The highest BCUT2D eigenvalue weighted by molar-refractivity contribution is 6.30. The normalized spacial score (nSPS) is 32.0. The largest absolute Gasteiger partial charge is 0.327 e. The van der Waals surface area contributed by atoms with Crippen molar-refractivity contribution < 1.29 is 0 Å². The quantitative estimate of drug-likeness (QED) is 0.745. The van der Waals surface area contributed by atoms with Crippen LogP contribution in [0, 0.1) is 0 Å². The maximum Gasteiger partial charge on any atom is 0.0408 e. The van der Waals surface area contributed by atoms with Gasteiger partial charge in [-0.3, -0.25) is 0 Å². The molecule has 82 valence electrons. The molecule has 0 aromatic heterocycles.